The lowest BCUT2D eigenvalue weighted by Gasteiger charge is -1.98. The average molecular weight is 233 g/mol. The van der Waals surface area contributed by atoms with Crippen LogP contribution in [0.25, 0.3) is 0 Å². The lowest BCUT2D eigenvalue weighted by atomic mass is 10.6. The molecule has 1 rings (SSSR count). The van der Waals surface area contributed by atoms with Crippen molar-refractivity contribution < 1.29 is 13.2 Å². The molecule has 0 atom stereocenters. The second-order valence-corrected chi connectivity index (χ2v) is 4.56. The first-order valence-corrected chi connectivity index (χ1v) is 5.88. The van der Waals surface area contributed by atoms with Crippen LogP contribution in [0.2, 0.25) is 0 Å². The fraction of sp³-hybridized carbons (Fsp3) is 0.500. The first-order valence-electron chi connectivity index (χ1n) is 3.99. The number of carbonyl (C=O) groups is 1. The third-order valence-corrected chi connectivity index (χ3v) is 1.97. The maximum Gasteiger partial charge on any atom is 0.243 e. The average Bonchev–Trinajstić information content (AvgIpc) is 2.49. The molecule has 15 heavy (non-hydrogen) atoms. The fourth-order valence-corrected chi connectivity index (χ4v) is 1.29. The van der Waals surface area contributed by atoms with E-state index in [2.05, 4.69) is 20.2 Å². The molecular formula is C6H11N5O3S. The molecule has 0 bridgehead atoms. The van der Waals surface area contributed by atoms with Crippen molar-refractivity contribution >= 4 is 21.7 Å². The summed E-state index contributed by atoms with van der Waals surface area (Å²) in [5, 5.41) is 9.84. The number of nitrogens with one attached hydrogen (secondary N) is 2. The van der Waals surface area contributed by atoms with E-state index in [9.17, 15) is 13.2 Å². The van der Waals surface area contributed by atoms with Gasteiger partial charge < -0.3 is 5.32 Å². The quantitative estimate of drug-likeness (QED) is 0.651. The highest BCUT2D eigenvalue weighted by molar-refractivity contribution is 7.92. The van der Waals surface area contributed by atoms with E-state index in [-0.39, 0.29) is 18.3 Å². The van der Waals surface area contributed by atoms with Gasteiger partial charge in [-0.1, -0.05) is 0 Å². The highest BCUT2D eigenvalue weighted by atomic mass is 32.2. The van der Waals surface area contributed by atoms with Crippen molar-refractivity contribution in [1.82, 2.24) is 20.3 Å². The molecule has 0 spiro atoms. The van der Waals surface area contributed by atoms with Crippen molar-refractivity contribution in [3.05, 3.63) is 6.20 Å². The van der Waals surface area contributed by atoms with Crippen molar-refractivity contribution in [2.75, 3.05) is 18.0 Å². The monoisotopic (exact) mass is 233 g/mol. The molecule has 9 heteroatoms. The summed E-state index contributed by atoms with van der Waals surface area (Å²) in [7, 11) is -1.88. The topological polar surface area (TPSA) is 106 Å². The lowest BCUT2D eigenvalue weighted by molar-refractivity contribution is -0.121. The Kier molecular flexibility index (Phi) is 3.24. The SMILES string of the molecule is CNC(=O)Cn1ncc(NS(C)(=O)=O)n1. The zero-order valence-corrected chi connectivity index (χ0v) is 9.08. The predicted molar refractivity (Wildman–Crippen MR) is 52.6 cm³/mol. The molecule has 1 aromatic rings. The molecule has 84 valence electrons. The van der Waals surface area contributed by atoms with Gasteiger partial charge in [-0.15, -0.1) is 5.10 Å². The summed E-state index contributed by atoms with van der Waals surface area (Å²) in [4.78, 5) is 12.0. The summed E-state index contributed by atoms with van der Waals surface area (Å²) in [6.07, 6.45) is 2.23. The predicted octanol–water partition coefficient (Wildman–Crippen LogP) is -1.60. The number of sulfonamides is 1. The second-order valence-electron chi connectivity index (χ2n) is 2.81. The summed E-state index contributed by atoms with van der Waals surface area (Å²) >= 11 is 0. The van der Waals surface area contributed by atoms with Crippen LogP contribution < -0.4 is 10.0 Å². The number of hydrogen-bond donors (Lipinski definition) is 2. The molecule has 0 unspecified atom stereocenters. The Hall–Kier alpha value is -1.64. The minimum Gasteiger partial charge on any atom is -0.358 e. The van der Waals surface area contributed by atoms with Crippen LogP contribution in [0.3, 0.4) is 0 Å². The van der Waals surface area contributed by atoms with Gasteiger partial charge in [0.2, 0.25) is 15.9 Å². The Labute approximate surface area is 86.7 Å². The van der Waals surface area contributed by atoms with Gasteiger partial charge in [0.15, 0.2) is 5.82 Å². The molecule has 0 fully saturated rings. The molecule has 0 saturated heterocycles. The summed E-state index contributed by atoms with van der Waals surface area (Å²) in [5.41, 5.74) is 0. The third kappa shape index (κ3) is 3.94. The Morgan fingerprint density at radius 3 is 2.80 bits per heavy atom. The minimum absolute atomic E-state index is 0.0536. The number of nitrogens with zero attached hydrogens (tertiary/aromatic N) is 3. The molecule has 1 aromatic heterocycles. The van der Waals surface area contributed by atoms with Gasteiger partial charge in [-0.25, -0.2) is 8.42 Å². The van der Waals surface area contributed by atoms with E-state index >= 15 is 0 Å². The van der Waals surface area contributed by atoms with Crippen LogP contribution in [0, 0.1) is 0 Å². The van der Waals surface area contributed by atoms with Crippen LogP contribution in [0.5, 0.6) is 0 Å². The van der Waals surface area contributed by atoms with E-state index in [0.29, 0.717) is 0 Å². The molecule has 0 aliphatic heterocycles. The number of anilines is 1. The first kappa shape index (κ1) is 11.4. The number of amides is 1. The lowest BCUT2D eigenvalue weighted by Crippen LogP contribution is -2.24. The zero-order valence-electron chi connectivity index (χ0n) is 8.26. The second kappa shape index (κ2) is 4.26. The summed E-state index contributed by atoms with van der Waals surface area (Å²) in [5.74, 6) is -0.182. The van der Waals surface area contributed by atoms with Crippen molar-refractivity contribution in [3.63, 3.8) is 0 Å². The number of rotatable bonds is 4. The van der Waals surface area contributed by atoms with Gasteiger partial charge in [-0.05, 0) is 0 Å². The largest absolute Gasteiger partial charge is 0.358 e. The standard InChI is InChI=1S/C6H11N5O3S/c1-7-6(12)4-11-8-3-5(9-11)10-15(2,13)14/h3H,4H2,1-2H3,(H,7,12)(H,9,10). The number of hydrogen-bond acceptors (Lipinski definition) is 5. The van der Waals surface area contributed by atoms with Crippen molar-refractivity contribution in [2.45, 2.75) is 6.54 Å². The number of aromatic nitrogens is 3. The van der Waals surface area contributed by atoms with E-state index in [4.69, 9.17) is 0 Å². The molecule has 8 nitrogen and oxygen atoms in total. The Balaban J connectivity index is 2.69. The third-order valence-electron chi connectivity index (χ3n) is 1.39. The Morgan fingerprint density at radius 1 is 1.60 bits per heavy atom. The Morgan fingerprint density at radius 2 is 2.27 bits per heavy atom. The maximum atomic E-state index is 10.9. The minimum atomic E-state index is -3.36. The van der Waals surface area contributed by atoms with Crippen molar-refractivity contribution in [2.24, 2.45) is 0 Å². The van der Waals surface area contributed by atoms with Crippen LogP contribution in [-0.2, 0) is 21.4 Å². The molecule has 0 aromatic carbocycles. The number of carbonyl (C=O) groups excluding carboxylic acids is 1. The fourth-order valence-electron chi connectivity index (χ4n) is 0.818. The van der Waals surface area contributed by atoms with Crippen LogP contribution >= 0.6 is 0 Å². The molecule has 0 radical (unpaired) electrons. The van der Waals surface area contributed by atoms with E-state index in [1.54, 1.807) is 0 Å². The van der Waals surface area contributed by atoms with Gasteiger partial charge in [0.25, 0.3) is 0 Å². The van der Waals surface area contributed by atoms with Crippen LogP contribution in [-0.4, -0.2) is 42.6 Å². The molecule has 1 heterocycles. The van der Waals surface area contributed by atoms with Crippen molar-refractivity contribution in [3.8, 4) is 0 Å². The highest BCUT2D eigenvalue weighted by Crippen LogP contribution is 2.00. The summed E-state index contributed by atoms with van der Waals surface area (Å²) in [6, 6.07) is 0. The van der Waals surface area contributed by atoms with Crippen LogP contribution in [0.1, 0.15) is 0 Å². The smallest absolute Gasteiger partial charge is 0.243 e. The van der Waals surface area contributed by atoms with E-state index in [0.717, 1.165) is 11.1 Å². The van der Waals surface area contributed by atoms with Gasteiger partial charge in [-0.2, -0.15) is 9.90 Å². The highest BCUT2D eigenvalue weighted by Gasteiger charge is 2.07. The van der Waals surface area contributed by atoms with Crippen molar-refractivity contribution in [1.29, 1.82) is 0 Å². The van der Waals surface area contributed by atoms with Crippen LogP contribution in [0.15, 0.2) is 6.20 Å². The van der Waals surface area contributed by atoms with E-state index in [1.807, 2.05) is 0 Å². The summed E-state index contributed by atoms with van der Waals surface area (Å²) < 4.78 is 23.8. The molecule has 2 N–H and O–H groups in total. The number of likely N-dealkylation sites (N-methyl/N-ethyl adjacent to an activating group) is 1. The molecular weight excluding hydrogens is 222 g/mol. The molecule has 0 aliphatic rings. The van der Waals surface area contributed by atoms with Crippen LogP contribution in [0.4, 0.5) is 5.82 Å². The Bertz CT molecular complexity index is 451. The normalized spacial score (nSPS) is 11.1. The van der Waals surface area contributed by atoms with Gasteiger partial charge in [0.05, 0.1) is 12.5 Å². The van der Waals surface area contributed by atoms with Gasteiger partial charge >= 0.3 is 0 Å². The molecule has 1 amide bonds. The van der Waals surface area contributed by atoms with Gasteiger partial charge in [-0.3, -0.25) is 9.52 Å². The first-order chi connectivity index (χ1) is 6.90. The maximum absolute atomic E-state index is 10.9. The van der Waals surface area contributed by atoms with E-state index < -0.39 is 10.0 Å². The van der Waals surface area contributed by atoms with E-state index in [1.165, 1.54) is 13.2 Å². The van der Waals surface area contributed by atoms with Gasteiger partial charge in [0.1, 0.15) is 6.54 Å². The molecule has 0 saturated carbocycles. The van der Waals surface area contributed by atoms with Gasteiger partial charge in [0, 0.05) is 7.05 Å². The summed E-state index contributed by atoms with van der Waals surface area (Å²) in [6.45, 7) is -0.0536. The zero-order chi connectivity index (χ0) is 11.5. The molecule has 0 aliphatic carbocycles.